The van der Waals surface area contributed by atoms with Gasteiger partial charge in [0, 0.05) is 16.8 Å². The molecular weight excluding hydrogens is 304 g/mol. The zero-order valence-electron chi connectivity index (χ0n) is 11.8. The van der Waals surface area contributed by atoms with Gasteiger partial charge < -0.3 is 0 Å². The highest BCUT2D eigenvalue weighted by Crippen LogP contribution is 2.27. The maximum Gasteiger partial charge on any atom is 0.240 e. The van der Waals surface area contributed by atoms with Crippen molar-refractivity contribution in [2.45, 2.75) is 24.2 Å². The standard InChI is InChI=1S/C15H16N2O2S2/c1-15(2,14-7-4-8-20-14)11-17-21(18,19)13-6-3-5-12(9-13)10-16/h3-9,17H,11H2,1-2H3. The Balaban J connectivity index is 2.17. The molecule has 1 N–H and O–H groups in total. The van der Waals surface area contributed by atoms with Crippen LogP contribution in [-0.4, -0.2) is 15.0 Å². The highest BCUT2D eigenvalue weighted by Gasteiger charge is 2.25. The zero-order chi connectivity index (χ0) is 15.5. The van der Waals surface area contributed by atoms with Crippen LogP contribution in [0.15, 0.2) is 46.7 Å². The van der Waals surface area contributed by atoms with E-state index in [9.17, 15) is 8.42 Å². The summed E-state index contributed by atoms with van der Waals surface area (Å²) in [5.74, 6) is 0. The molecular formula is C15H16N2O2S2. The minimum Gasteiger partial charge on any atom is -0.210 e. The summed E-state index contributed by atoms with van der Waals surface area (Å²) in [5, 5.41) is 10.8. The smallest absolute Gasteiger partial charge is 0.210 e. The molecule has 0 aliphatic carbocycles. The number of nitrogens with one attached hydrogen (secondary N) is 1. The molecule has 0 amide bonds. The predicted octanol–water partition coefficient (Wildman–Crippen LogP) is 2.88. The first kappa shape index (κ1) is 15.7. The summed E-state index contributed by atoms with van der Waals surface area (Å²) in [6, 6.07) is 11.9. The minimum atomic E-state index is -3.61. The number of nitrogens with zero attached hydrogens (tertiary/aromatic N) is 1. The third-order valence-electron chi connectivity index (χ3n) is 3.17. The molecule has 110 valence electrons. The van der Waals surface area contributed by atoms with E-state index in [1.54, 1.807) is 23.5 Å². The van der Waals surface area contributed by atoms with Gasteiger partial charge >= 0.3 is 0 Å². The van der Waals surface area contributed by atoms with Crippen molar-refractivity contribution in [3.63, 3.8) is 0 Å². The zero-order valence-corrected chi connectivity index (χ0v) is 13.5. The van der Waals surface area contributed by atoms with Crippen LogP contribution in [0.5, 0.6) is 0 Å². The first-order valence-electron chi connectivity index (χ1n) is 6.39. The second kappa shape index (κ2) is 5.98. The van der Waals surface area contributed by atoms with Gasteiger partial charge in [-0.1, -0.05) is 26.0 Å². The topological polar surface area (TPSA) is 70.0 Å². The molecule has 1 aromatic heterocycles. The van der Waals surface area contributed by atoms with Crippen LogP contribution < -0.4 is 4.72 Å². The maximum absolute atomic E-state index is 12.3. The van der Waals surface area contributed by atoms with Gasteiger partial charge in [0.2, 0.25) is 10.0 Å². The molecule has 0 saturated carbocycles. The average Bonchev–Trinajstić information content (AvgIpc) is 3.01. The van der Waals surface area contributed by atoms with E-state index in [0.29, 0.717) is 12.1 Å². The molecule has 2 aromatic rings. The van der Waals surface area contributed by atoms with Gasteiger partial charge in [-0.2, -0.15) is 5.26 Å². The summed E-state index contributed by atoms with van der Waals surface area (Å²) < 4.78 is 27.2. The van der Waals surface area contributed by atoms with Crippen LogP contribution in [0, 0.1) is 11.3 Å². The van der Waals surface area contributed by atoms with E-state index in [4.69, 9.17) is 5.26 Å². The lowest BCUT2D eigenvalue weighted by atomic mass is 9.92. The fraction of sp³-hybridized carbons (Fsp3) is 0.267. The van der Waals surface area contributed by atoms with E-state index in [0.717, 1.165) is 4.88 Å². The third kappa shape index (κ3) is 3.70. The fourth-order valence-electron chi connectivity index (χ4n) is 1.84. The molecule has 0 saturated heterocycles. The molecule has 1 heterocycles. The maximum atomic E-state index is 12.3. The molecule has 6 heteroatoms. The van der Waals surface area contributed by atoms with Gasteiger partial charge in [-0.15, -0.1) is 11.3 Å². The molecule has 0 aliphatic rings. The van der Waals surface area contributed by atoms with Crippen LogP contribution in [0.25, 0.3) is 0 Å². The Hall–Kier alpha value is -1.68. The molecule has 0 radical (unpaired) electrons. The van der Waals surface area contributed by atoms with Crippen molar-refractivity contribution in [2.75, 3.05) is 6.54 Å². The molecule has 0 fully saturated rings. The van der Waals surface area contributed by atoms with Crippen molar-refractivity contribution in [3.8, 4) is 6.07 Å². The van der Waals surface area contributed by atoms with Gasteiger partial charge in [0.25, 0.3) is 0 Å². The molecule has 0 spiro atoms. The molecule has 0 unspecified atom stereocenters. The SMILES string of the molecule is CC(C)(CNS(=O)(=O)c1cccc(C#N)c1)c1cccs1. The number of hydrogen-bond acceptors (Lipinski definition) is 4. The Morgan fingerprint density at radius 2 is 2.05 bits per heavy atom. The highest BCUT2D eigenvalue weighted by atomic mass is 32.2. The number of sulfonamides is 1. The van der Waals surface area contributed by atoms with Crippen LogP contribution >= 0.6 is 11.3 Å². The highest BCUT2D eigenvalue weighted by molar-refractivity contribution is 7.89. The minimum absolute atomic E-state index is 0.114. The average molecular weight is 320 g/mol. The molecule has 2 rings (SSSR count). The molecule has 21 heavy (non-hydrogen) atoms. The van der Waals surface area contributed by atoms with Gasteiger partial charge in [-0.3, -0.25) is 0 Å². The second-order valence-electron chi connectivity index (χ2n) is 5.33. The van der Waals surface area contributed by atoms with E-state index >= 15 is 0 Å². The van der Waals surface area contributed by atoms with Crippen molar-refractivity contribution in [2.24, 2.45) is 0 Å². The van der Waals surface area contributed by atoms with Crippen molar-refractivity contribution in [1.29, 1.82) is 5.26 Å². The van der Waals surface area contributed by atoms with Gasteiger partial charge in [0.1, 0.15) is 0 Å². The lowest BCUT2D eigenvalue weighted by Gasteiger charge is -2.23. The van der Waals surface area contributed by atoms with Crippen LogP contribution in [-0.2, 0) is 15.4 Å². The number of benzene rings is 1. The van der Waals surface area contributed by atoms with Crippen LogP contribution in [0.3, 0.4) is 0 Å². The van der Waals surface area contributed by atoms with Gasteiger partial charge in [-0.05, 0) is 29.6 Å². The first-order valence-corrected chi connectivity index (χ1v) is 8.75. The molecule has 0 aliphatic heterocycles. The van der Waals surface area contributed by atoms with Crippen LogP contribution in [0.1, 0.15) is 24.3 Å². The number of thiophene rings is 1. The molecule has 0 bridgehead atoms. The number of nitriles is 1. The van der Waals surface area contributed by atoms with E-state index in [1.165, 1.54) is 12.1 Å². The normalized spacial score (nSPS) is 12.0. The van der Waals surface area contributed by atoms with E-state index < -0.39 is 10.0 Å². The second-order valence-corrected chi connectivity index (χ2v) is 8.04. The Morgan fingerprint density at radius 3 is 2.67 bits per heavy atom. The lowest BCUT2D eigenvalue weighted by molar-refractivity contribution is 0.509. The van der Waals surface area contributed by atoms with Crippen LogP contribution in [0.4, 0.5) is 0 Å². The van der Waals surface area contributed by atoms with E-state index in [2.05, 4.69) is 4.72 Å². The first-order chi connectivity index (χ1) is 9.85. The summed E-state index contributed by atoms with van der Waals surface area (Å²) in [6.45, 7) is 4.28. The summed E-state index contributed by atoms with van der Waals surface area (Å²) >= 11 is 1.60. The van der Waals surface area contributed by atoms with E-state index in [1.807, 2.05) is 37.4 Å². The van der Waals surface area contributed by atoms with Crippen molar-refractivity contribution in [1.82, 2.24) is 4.72 Å². The summed E-state index contributed by atoms with van der Waals surface area (Å²) in [5.41, 5.74) is 0.0454. The monoisotopic (exact) mass is 320 g/mol. The van der Waals surface area contributed by atoms with Crippen molar-refractivity contribution in [3.05, 3.63) is 52.2 Å². The molecule has 0 atom stereocenters. The van der Waals surface area contributed by atoms with Crippen molar-refractivity contribution >= 4 is 21.4 Å². The molecule has 4 nitrogen and oxygen atoms in total. The Kier molecular flexibility index (Phi) is 4.47. The van der Waals surface area contributed by atoms with Gasteiger partial charge in [0.05, 0.1) is 16.5 Å². The predicted molar refractivity (Wildman–Crippen MR) is 83.7 cm³/mol. The van der Waals surface area contributed by atoms with Crippen molar-refractivity contribution < 1.29 is 8.42 Å². The Labute approximate surface area is 129 Å². The summed E-state index contributed by atoms with van der Waals surface area (Å²) in [6.07, 6.45) is 0. The quantitative estimate of drug-likeness (QED) is 0.921. The number of hydrogen-bond donors (Lipinski definition) is 1. The van der Waals surface area contributed by atoms with Gasteiger partial charge in [0.15, 0.2) is 0 Å². The Bertz CT molecular complexity index is 757. The largest absolute Gasteiger partial charge is 0.240 e. The fourth-order valence-corrected chi connectivity index (χ4v) is 3.95. The Morgan fingerprint density at radius 1 is 1.29 bits per heavy atom. The summed E-state index contributed by atoms with van der Waals surface area (Å²) in [4.78, 5) is 1.24. The lowest BCUT2D eigenvalue weighted by Crippen LogP contribution is -2.36. The third-order valence-corrected chi connectivity index (χ3v) is 5.80. The van der Waals surface area contributed by atoms with Crippen LogP contribution in [0.2, 0.25) is 0 Å². The number of rotatable bonds is 5. The van der Waals surface area contributed by atoms with Gasteiger partial charge in [-0.25, -0.2) is 13.1 Å². The molecule has 1 aromatic carbocycles. The van der Waals surface area contributed by atoms with E-state index in [-0.39, 0.29) is 10.3 Å². The summed E-state index contributed by atoms with van der Waals surface area (Å²) in [7, 11) is -3.61.